The Labute approximate surface area is 768 Å². The molecule has 776 valence electrons. The van der Waals surface area contributed by atoms with Gasteiger partial charge in [-0.2, -0.15) is 0 Å². The Morgan fingerprint density at radius 2 is 0.603 bits per heavy atom. The lowest BCUT2D eigenvalue weighted by atomic mass is 10.0. The molecule has 4 unspecified atom stereocenters. The Bertz CT molecular complexity index is 3660. The number of hydrogen-bond donors (Lipinski definition) is 5. The highest BCUT2D eigenvalue weighted by molar-refractivity contribution is 5.86. The SMILES string of the molecule is CC(C)C(NC(=O)OCCCCO[N+](=O)[O-])C(=O)OCCCCO[N+](=O)[O-].CC(NC(=O)OCCOCCO[N+](=O)[O-])C(=O)OCCOCCO[N+](=O)[O-].NC(=O)CC(CC(=O)OCCCCO[N+](=O)[O-])C(=O)OCCCCO[N+](=O)[O-].O=C(CCCO[N+](=O)[O-])NCC(=O)OCCCCO[N+](=O)[O-].O=C(NC(Cc1ccccc1)C(=O)OCCOCCO[N+](=O)[O-])OCCCCO[N+](=O)[O-]. The average Bonchev–Trinajstić information content (AvgIpc) is 0.896. The Morgan fingerprint density at radius 3 is 0.978 bits per heavy atom. The molecule has 0 spiro atoms. The van der Waals surface area contributed by atoms with Crippen molar-refractivity contribution in [2.24, 2.45) is 17.6 Å². The van der Waals surface area contributed by atoms with Crippen LogP contribution in [0.4, 0.5) is 14.4 Å². The van der Waals surface area contributed by atoms with Crippen molar-refractivity contribution >= 4 is 65.9 Å². The first-order chi connectivity index (χ1) is 64.6. The second kappa shape index (κ2) is 86.4. The van der Waals surface area contributed by atoms with Crippen molar-refractivity contribution in [2.45, 2.75) is 148 Å². The van der Waals surface area contributed by atoms with E-state index in [9.17, 15) is 154 Å². The molecular weight excluding hydrogens is 1870 g/mol. The molecule has 0 aliphatic carbocycles. The molecule has 68 nitrogen and oxygen atoms in total. The minimum Gasteiger partial charge on any atom is -0.466 e. The molecular formula is C68H111N15O53. The number of alkyl carbamates (subject to hydrolysis) is 3. The summed E-state index contributed by atoms with van der Waals surface area (Å²) in [6, 6.07) is 6.01. The summed E-state index contributed by atoms with van der Waals surface area (Å²) in [6.07, 6.45) is 0.948. The maximum Gasteiger partial charge on any atom is 0.407 e. The molecule has 0 aromatic heterocycles. The van der Waals surface area contributed by atoms with Crippen LogP contribution in [-0.4, -0.2) is 307 Å². The zero-order valence-electron chi connectivity index (χ0n) is 73.9. The number of nitrogens with one attached hydrogen (secondary N) is 4. The van der Waals surface area contributed by atoms with E-state index in [1.807, 2.05) is 0 Å². The van der Waals surface area contributed by atoms with Gasteiger partial charge < -0.3 is 132 Å². The van der Waals surface area contributed by atoms with Gasteiger partial charge in [0.25, 0.3) is 50.9 Å². The van der Waals surface area contributed by atoms with Gasteiger partial charge in [0.1, 0.15) is 64.3 Å². The molecule has 0 fully saturated rings. The third kappa shape index (κ3) is 93.4. The number of nitrogens with two attached hydrogens (primary N) is 1. The van der Waals surface area contributed by atoms with Gasteiger partial charge in [0.15, 0.2) is 0 Å². The number of benzene rings is 1. The minimum atomic E-state index is -1.11. The molecule has 68 heteroatoms. The van der Waals surface area contributed by atoms with E-state index in [1.54, 1.807) is 44.2 Å². The molecule has 0 aliphatic heterocycles. The molecule has 0 bridgehead atoms. The number of carbonyl (C=O) groups excluding carboxylic acids is 11. The van der Waals surface area contributed by atoms with E-state index in [0.717, 1.165) is 5.56 Å². The van der Waals surface area contributed by atoms with Crippen molar-refractivity contribution in [3.63, 3.8) is 0 Å². The van der Waals surface area contributed by atoms with Gasteiger partial charge in [-0.3, -0.25) is 24.0 Å². The van der Waals surface area contributed by atoms with Crippen LogP contribution in [0.5, 0.6) is 0 Å². The van der Waals surface area contributed by atoms with Crippen molar-refractivity contribution in [3.8, 4) is 0 Å². The van der Waals surface area contributed by atoms with Crippen molar-refractivity contribution in [1.29, 1.82) is 0 Å². The van der Waals surface area contributed by atoms with Crippen molar-refractivity contribution in [1.82, 2.24) is 21.3 Å². The van der Waals surface area contributed by atoms with Crippen LogP contribution in [0.1, 0.15) is 129 Å². The molecule has 1 aromatic carbocycles. The Balaban J connectivity index is -0.000000805. The number of primary amides is 1. The Kier molecular flexibility index (Phi) is 80.6. The molecule has 0 saturated heterocycles. The summed E-state index contributed by atoms with van der Waals surface area (Å²) >= 11 is 0. The van der Waals surface area contributed by atoms with E-state index in [1.165, 1.54) is 6.92 Å². The minimum absolute atomic E-state index is 0.00147. The van der Waals surface area contributed by atoms with E-state index < -0.39 is 154 Å². The van der Waals surface area contributed by atoms with Gasteiger partial charge in [0.05, 0.1) is 138 Å². The molecule has 0 heterocycles. The first-order valence-electron chi connectivity index (χ1n) is 40.4. The smallest absolute Gasteiger partial charge is 0.407 e. The summed E-state index contributed by atoms with van der Waals surface area (Å²) in [6.45, 7) is 2.38. The molecule has 0 radical (unpaired) electrons. The summed E-state index contributed by atoms with van der Waals surface area (Å²) in [5, 5.41) is 99.4. The lowest BCUT2D eigenvalue weighted by Gasteiger charge is -2.20. The van der Waals surface area contributed by atoms with E-state index in [-0.39, 0.29) is 203 Å². The third-order valence-corrected chi connectivity index (χ3v) is 14.7. The lowest BCUT2D eigenvalue weighted by molar-refractivity contribution is -0.758. The lowest BCUT2D eigenvalue weighted by Crippen LogP contribution is -2.45. The quantitative estimate of drug-likeness (QED) is 0.0199. The molecule has 1 rings (SSSR count). The fourth-order valence-electron chi connectivity index (χ4n) is 8.55. The summed E-state index contributed by atoms with van der Waals surface area (Å²) < 4.78 is 59.0. The summed E-state index contributed by atoms with van der Waals surface area (Å²) in [4.78, 5) is 269. The molecule has 0 aliphatic rings. The standard InChI is InChI=1S/C18H25N3O11.C14H23N3O11.C14H25N3O10.C12H21N3O12.C10H17N3O9/c22-17(29-12-10-28-11-13-32-21(26)27)16(14-15-6-2-1-3-7-15)19-18(23)30-8-4-5-9-31-20(24)25;15-12(18)9-11(14(20)26-6-2-4-8-28-17(23)24)10-13(19)25-5-1-3-7-27-16(21)22;1-11(2)12(13(18)24-7-3-5-9-26-16(20)21)15-14(19)25-8-4-6-10-27-17(22)23;1-10(11(16)24-6-2-22-4-8-26-14(18)19)13-12(17)25-7-3-23-5-9-27-15(20)21;14-9(4-3-7-22-13(18)19)11-8-10(15)20-5-1-2-6-21-12(16)17/h1-3,6-7,16H,4-5,8-14H2,(H,19,23);11H,1-10H2,(H2,15,18);11-12H,3-10H2,1-2H3,(H,15,19);10H,2-9H2,1H3,(H,13,17);1-8H2,(H,11,14). The van der Waals surface area contributed by atoms with Crippen LogP contribution in [0.3, 0.4) is 0 Å². The molecule has 4 atom stereocenters. The van der Waals surface area contributed by atoms with Gasteiger partial charge in [0, 0.05) is 19.3 Å². The monoisotopic (exact) mass is 1990 g/mol. The number of carbonyl (C=O) groups is 11. The van der Waals surface area contributed by atoms with Gasteiger partial charge in [-0.1, -0.05) is 44.2 Å². The van der Waals surface area contributed by atoms with E-state index in [4.69, 9.17) is 62.6 Å². The van der Waals surface area contributed by atoms with Crippen LogP contribution in [-0.2, 0) is 150 Å². The van der Waals surface area contributed by atoms with Gasteiger partial charge in [-0.25, -0.2) is 28.8 Å². The summed E-state index contributed by atoms with van der Waals surface area (Å²) in [5.74, 6) is -6.92. The van der Waals surface area contributed by atoms with Crippen LogP contribution in [0.25, 0.3) is 0 Å². The number of ether oxygens (including phenoxy) is 12. The fraction of sp³-hybridized carbons (Fsp3) is 0.750. The molecule has 136 heavy (non-hydrogen) atoms. The summed E-state index contributed by atoms with van der Waals surface area (Å²) in [5.41, 5.74) is 5.84. The Hall–Kier alpha value is -15.3. The number of nitrogens with zero attached hydrogens (tertiary/aromatic N) is 10. The van der Waals surface area contributed by atoms with Gasteiger partial charge >= 0.3 is 54.1 Å². The molecule has 5 amide bonds. The van der Waals surface area contributed by atoms with Crippen LogP contribution < -0.4 is 27.0 Å². The normalized spacial score (nSPS) is 10.9. The zero-order chi connectivity index (χ0) is 103. The first-order valence-corrected chi connectivity index (χ1v) is 40.4. The van der Waals surface area contributed by atoms with Crippen LogP contribution in [0.2, 0.25) is 0 Å². The largest absolute Gasteiger partial charge is 0.466 e. The molecule has 6 N–H and O–H groups in total. The highest BCUT2D eigenvalue weighted by Gasteiger charge is 2.29. The number of hydrogen-bond acceptors (Lipinski definition) is 53. The maximum atomic E-state index is 12.4. The first kappa shape index (κ1) is 127. The maximum absolute atomic E-state index is 12.4. The predicted molar refractivity (Wildman–Crippen MR) is 433 cm³/mol. The molecule has 0 saturated carbocycles. The van der Waals surface area contributed by atoms with E-state index in [0.29, 0.717) is 70.6 Å². The van der Waals surface area contributed by atoms with Gasteiger partial charge in [-0.15, -0.1) is 101 Å². The number of esters is 6. The highest BCUT2D eigenvalue weighted by Crippen LogP contribution is 2.14. The van der Waals surface area contributed by atoms with Gasteiger partial charge in [-0.05, 0) is 102 Å². The fourth-order valence-corrected chi connectivity index (χ4v) is 8.55. The second-order valence-corrected chi connectivity index (χ2v) is 25.7. The van der Waals surface area contributed by atoms with Crippen LogP contribution in [0.15, 0.2) is 30.3 Å². The average molecular weight is 1990 g/mol. The van der Waals surface area contributed by atoms with Crippen molar-refractivity contribution < 1.29 is 209 Å². The van der Waals surface area contributed by atoms with E-state index in [2.05, 4.69) is 69.6 Å². The highest BCUT2D eigenvalue weighted by atomic mass is 17.0. The van der Waals surface area contributed by atoms with Crippen molar-refractivity contribution in [3.05, 3.63) is 137 Å². The van der Waals surface area contributed by atoms with Gasteiger partial charge in [0.2, 0.25) is 11.8 Å². The molecule has 1 aromatic rings. The Morgan fingerprint density at radius 1 is 0.309 bits per heavy atom. The third-order valence-electron chi connectivity index (χ3n) is 14.7. The van der Waals surface area contributed by atoms with Crippen LogP contribution >= 0.6 is 0 Å². The van der Waals surface area contributed by atoms with Crippen LogP contribution in [0, 0.1) is 113 Å². The summed E-state index contributed by atoms with van der Waals surface area (Å²) in [7, 11) is 0. The van der Waals surface area contributed by atoms with E-state index >= 15 is 0 Å². The van der Waals surface area contributed by atoms with Crippen molar-refractivity contribution in [2.75, 3.05) is 172 Å². The number of unbranched alkanes of at least 4 members (excludes halogenated alkanes) is 6. The number of amides is 5. The zero-order valence-corrected chi connectivity index (χ0v) is 73.9. The predicted octanol–water partition coefficient (Wildman–Crippen LogP) is 0.986. The topological polar surface area (TPSA) is 896 Å². The second-order valence-electron chi connectivity index (χ2n) is 25.7. The number of rotatable bonds is 78.